The number of halogens is 1. The molecule has 0 bridgehead atoms. The van der Waals surface area contributed by atoms with Crippen molar-refractivity contribution in [3.8, 4) is 0 Å². The minimum atomic E-state index is 0.417. The third-order valence-corrected chi connectivity index (χ3v) is 3.71. The Bertz CT molecular complexity index is 318. The molecule has 0 amide bonds. The zero-order valence-corrected chi connectivity index (χ0v) is 8.57. The predicted octanol–water partition coefficient (Wildman–Crippen LogP) is 2.25. The van der Waals surface area contributed by atoms with E-state index in [2.05, 4.69) is 10.9 Å². The van der Waals surface area contributed by atoms with Crippen LogP contribution in [0.1, 0.15) is 5.56 Å². The Labute approximate surface area is 86.4 Å². The molecule has 2 rings (SSSR count). The molecular formula is C9H10ClNOS. The van der Waals surface area contributed by atoms with E-state index in [1.807, 2.05) is 12.1 Å². The maximum absolute atomic E-state index is 6.05. The monoisotopic (exact) mass is 215 g/mol. The van der Waals surface area contributed by atoms with Gasteiger partial charge in [0.1, 0.15) is 0 Å². The number of benzene rings is 1. The number of hydrogen-bond donors (Lipinski definition) is 1. The van der Waals surface area contributed by atoms with Gasteiger partial charge in [0, 0.05) is 15.2 Å². The van der Waals surface area contributed by atoms with Crippen molar-refractivity contribution in [1.82, 2.24) is 0 Å². The van der Waals surface area contributed by atoms with Gasteiger partial charge >= 0.3 is 0 Å². The van der Waals surface area contributed by atoms with Crippen LogP contribution in [0.2, 0.25) is 5.02 Å². The molecule has 13 heavy (non-hydrogen) atoms. The van der Waals surface area contributed by atoms with Crippen LogP contribution in [0.3, 0.4) is 0 Å². The maximum atomic E-state index is 6.05. The van der Waals surface area contributed by atoms with E-state index in [9.17, 15) is 0 Å². The molecule has 1 heterocycles. The van der Waals surface area contributed by atoms with Gasteiger partial charge in [-0.25, -0.2) is 5.90 Å². The topological polar surface area (TPSA) is 35.2 Å². The van der Waals surface area contributed by atoms with Gasteiger partial charge in [0.2, 0.25) is 0 Å². The second-order valence-electron chi connectivity index (χ2n) is 2.99. The summed E-state index contributed by atoms with van der Waals surface area (Å²) < 4.78 is 0. The zero-order chi connectivity index (χ0) is 9.26. The van der Waals surface area contributed by atoms with E-state index in [4.69, 9.17) is 17.5 Å². The number of fused-ring (bicyclic) bond motifs is 1. The summed E-state index contributed by atoms with van der Waals surface area (Å²) in [5.41, 5.74) is 1.23. The van der Waals surface area contributed by atoms with Crippen LogP contribution < -0.4 is 5.90 Å². The van der Waals surface area contributed by atoms with E-state index in [1.165, 1.54) is 10.5 Å². The van der Waals surface area contributed by atoms with Crippen LogP contribution in [-0.2, 0) is 11.3 Å². The molecule has 1 aliphatic rings. The molecule has 1 aliphatic heterocycles. The summed E-state index contributed by atoms with van der Waals surface area (Å²) in [6.45, 7) is 0.579. The minimum Gasteiger partial charge on any atom is -0.303 e. The molecule has 70 valence electrons. The van der Waals surface area contributed by atoms with Gasteiger partial charge in [-0.15, -0.1) is 11.8 Å². The summed E-state index contributed by atoms with van der Waals surface area (Å²) >= 11 is 7.84. The van der Waals surface area contributed by atoms with E-state index < -0.39 is 0 Å². The highest BCUT2D eigenvalue weighted by Gasteiger charge is 2.23. The largest absolute Gasteiger partial charge is 0.303 e. The molecule has 0 aliphatic carbocycles. The van der Waals surface area contributed by atoms with Crippen molar-refractivity contribution in [1.29, 1.82) is 0 Å². The lowest BCUT2D eigenvalue weighted by molar-refractivity contribution is 0.139. The van der Waals surface area contributed by atoms with Gasteiger partial charge in [0.15, 0.2) is 0 Å². The Morgan fingerprint density at radius 2 is 2.46 bits per heavy atom. The first-order valence-corrected chi connectivity index (χ1v) is 5.32. The first kappa shape index (κ1) is 9.34. The average Bonchev–Trinajstić information content (AvgIpc) is 2.49. The summed E-state index contributed by atoms with van der Waals surface area (Å²) in [5, 5.41) is 1.27. The second-order valence-corrected chi connectivity index (χ2v) is 4.74. The maximum Gasteiger partial charge on any atom is 0.0804 e. The van der Waals surface area contributed by atoms with Crippen molar-refractivity contribution < 1.29 is 4.84 Å². The van der Waals surface area contributed by atoms with Crippen molar-refractivity contribution in [3.05, 3.63) is 28.8 Å². The number of rotatable bonds is 2. The van der Waals surface area contributed by atoms with Crippen LogP contribution >= 0.6 is 23.4 Å². The van der Waals surface area contributed by atoms with E-state index in [0.717, 1.165) is 11.4 Å². The number of thioether (sulfide) groups is 1. The molecule has 2 nitrogen and oxygen atoms in total. The van der Waals surface area contributed by atoms with Crippen LogP contribution in [0.4, 0.5) is 0 Å². The lowest BCUT2D eigenvalue weighted by Crippen LogP contribution is -2.14. The molecule has 0 spiro atoms. The van der Waals surface area contributed by atoms with E-state index in [1.54, 1.807) is 11.8 Å². The molecule has 1 unspecified atom stereocenters. The smallest absolute Gasteiger partial charge is 0.0804 e. The first-order valence-electron chi connectivity index (χ1n) is 4.07. The van der Waals surface area contributed by atoms with Crippen LogP contribution in [0.5, 0.6) is 0 Å². The fourth-order valence-corrected chi connectivity index (χ4v) is 3.05. The SMILES string of the molecule is NOCC1Cc2c(Cl)cccc2S1. The van der Waals surface area contributed by atoms with Gasteiger partial charge in [-0.2, -0.15) is 0 Å². The summed E-state index contributed by atoms with van der Waals surface area (Å²) in [6.07, 6.45) is 0.955. The zero-order valence-electron chi connectivity index (χ0n) is 7.00. The Balaban J connectivity index is 2.20. The van der Waals surface area contributed by atoms with E-state index >= 15 is 0 Å². The first-order chi connectivity index (χ1) is 6.31. The van der Waals surface area contributed by atoms with Gasteiger partial charge in [-0.1, -0.05) is 17.7 Å². The van der Waals surface area contributed by atoms with E-state index in [-0.39, 0.29) is 0 Å². The highest BCUT2D eigenvalue weighted by molar-refractivity contribution is 8.00. The summed E-state index contributed by atoms with van der Waals surface area (Å²) in [6, 6.07) is 5.98. The number of nitrogens with two attached hydrogens (primary N) is 1. The molecule has 4 heteroatoms. The summed E-state index contributed by atoms with van der Waals surface area (Å²) in [7, 11) is 0. The summed E-state index contributed by atoms with van der Waals surface area (Å²) in [4.78, 5) is 5.89. The fourth-order valence-electron chi connectivity index (χ4n) is 1.50. The van der Waals surface area contributed by atoms with Gasteiger partial charge in [0.25, 0.3) is 0 Å². The van der Waals surface area contributed by atoms with Crippen molar-refractivity contribution >= 4 is 23.4 Å². The third-order valence-electron chi connectivity index (χ3n) is 2.08. The molecular weight excluding hydrogens is 206 g/mol. The number of hydrogen-bond acceptors (Lipinski definition) is 3. The Hall–Kier alpha value is -0.220. The Morgan fingerprint density at radius 1 is 1.62 bits per heavy atom. The van der Waals surface area contributed by atoms with Crippen molar-refractivity contribution in [2.24, 2.45) is 5.90 Å². The lowest BCUT2D eigenvalue weighted by Gasteiger charge is -2.03. The normalized spacial score (nSPS) is 20.3. The van der Waals surface area contributed by atoms with Crippen LogP contribution in [0, 0.1) is 0 Å². The van der Waals surface area contributed by atoms with Gasteiger partial charge in [-0.3, -0.25) is 0 Å². The average molecular weight is 216 g/mol. The van der Waals surface area contributed by atoms with Crippen molar-refractivity contribution in [3.63, 3.8) is 0 Å². The highest BCUT2D eigenvalue weighted by atomic mass is 35.5. The molecule has 2 N–H and O–H groups in total. The molecule has 0 saturated carbocycles. The summed E-state index contributed by atoms with van der Waals surface area (Å²) in [5.74, 6) is 5.03. The Kier molecular flexibility index (Phi) is 2.79. The molecule has 1 atom stereocenters. The van der Waals surface area contributed by atoms with Gasteiger partial charge < -0.3 is 4.84 Å². The third kappa shape index (κ3) is 1.83. The van der Waals surface area contributed by atoms with Gasteiger partial charge in [0.05, 0.1) is 6.61 Å². The molecule has 0 radical (unpaired) electrons. The van der Waals surface area contributed by atoms with Crippen molar-refractivity contribution in [2.45, 2.75) is 16.6 Å². The van der Waals surface area contributed by atoms with Crippen LogP contribution in [0.15, 0.2) is 23.1 Å². The van der Waals surface area contributed by atoms with Gasteiger partial charge in [-0.05, 0) is 24.1 Å². The van der Waals surface area contributed by atoms with Crippen LogP contribution in [0.25, 0.3) is 0 Å². The van der Waals surface area contributed by atoms with E-state index in [0.29, 0.717) is 11.9 Å². The lowest BCUT2D eigenvalue weighted by atomic mass is 10.1. The fraction of sp³-hybridized carbons (Fsp3) is 0.333. The molecule has 1 aromatic carbocycles. The quantitative estimate of drug-likeness (QED) is 0.769. The molecule has 0 saturated heterocycles. The van der Waals surface area contributed by atoms with Crippen molar-refractivity contribution in [2.75, 3.05) is 6.61 Å². The second kappa shape index (κ2) is 3.88. The molecule has 0 fully saturated rings. The Morgan fingerprint density at radius 3 is 3.15 bits per heavy atom. The predicted molar refractivity (Wildman–Crippen MR) is 54.9 cm³/mol. The molecule has 1 aromatic rings. The highest BCUT2D eigenvalue weighted by Crippen LogP contribution is 2.40. The van der Waals surface area contributed by atoms with Crippen LogP contribution in [-0.4, -0.2) is 11.9 Å². The standard InChI is InChI=1S/C9H10ClNOS/c10-8-2-1-3-9-7(8)4-6(13-9)5-12-11/h1-3,6H,4-5,11H2. The molecule has 0 aromatic heterocycles. The minimum absolute atomic E-state index is 0.417.